The second kappa shape index (κ2) is 5.95. The van der Waals surface area contributed by atoms with Gasteiger partial charge in [0.15, 0.2) is 0 Å². The molecule has 0 aliphatic carbocycles. The van der Waals surface area contributed by atoms with Gasteiger partial charge >= 0.3 is 6.03 Å². The molecule has 0 saturated heterocycles. The molecule has 0 atom stereocenters. The SMILES string of the molecule is Cc1ccc(Cl)cc1NC(=O)Nc1cccc(Cl)c1. The molecule has 0 aliphatic rings. The van der Waals surface area contributed by atoms with Crippen LogP contribution >= 0.6 is 23.2 Å². The summed E-state index contributed by atoms with van der Waals surface area (Å²) < 4.78 is 0. The summed E-state index contributed by atoms with van der Waals surface area (Å²) >= 11 is 11.7. The summed E-state index contributed by atoms with van der Waals surface area (Å²) in [6.45, 7) is 1.89. The molecule has 0 radical (unpaired) electrons. The zero-order valence-corrected chi connectivity index (χ0v) is 11.7. The van der Waals surface area contributed by atoms with Crippen LogP contribution in [-0.2, 0) is 0 Å². The van der Waals surface area contributed by atoms with Gasteiger partial charge in [0.1, 0.15) is 0 Å². The molecule has 0 bridgehead atoms. The van der Waals surface area contributed by atoms with Crippen LogP contribution in [-0.4, -0.2) is 6.03 Å². The number of carbonyl (C=O) groups excluding carboxylic acids is 1. The Hall–Kier alpha value is -1.71. The molecule has 0 spiro atoms. The minimum Gasteiger partial charge on any atom is -0.308 e. The molecule has 0 unspecified atom stereocenters. The van der Waals surface area contributed by atoms with Gasteiger partial charge in [-0.15, -0.1) is 0 Å². The summed E-state index contributed by atoms with van der Waals surface area (Å²) in [5.74, 6) is 0. The number of rotatable bonds is 2. The number of nitrogens with one attached hydrogen (secondary N) is 2. The maximum absolute atomic E-state index is 11.8. The maximum atomic E-state index is 11.8. The standard InChI is InChI=1S/C14H12Cl2N2O/c1-9-5-6-11(16)8-13(9)18-14(19)17-12-4-2-3-10(15)7-12/h2-8H,1H3,(H2,17,18,19). The summed E-state index contributed by atoms with van der Waals surface area (Å²) in [6.07, 6.45) is 0. The fourth-order valence-electron chi connectivity index (χ4n) is 1.58. The molecular weight excluding hydrogens is 283 g/mol. The van der Waals surface area contributed by atoms with E-state index in [0.29, 0.717) is 21.4 Å². The van der Waals surface area contributed by atoms with E-state index in [-0.39, 0.29) is 6.03 Å². The molecular formula is C14H12Cl2N2O. The first kappa shape index (κ1) is 13.7. The first-order valence-corrected chi connectivity index (χ1v) is 6.40. The van der Waals surface area contributed by atoms with Crippen LogP contribution in [0.3, 0.4) is 0 Å². The van der Waals surface area contributed by atoms with Crippen LogP contribution in [0.2, 0.25) is 10.0 Å². The molecule has 0 aliphatic heterocycles. The van der Waals surface area contributed by atoms with Gasteiger partial charge in [-0.25, -0.2) is 4.79 Å². The summed E-state index contributed by atoms with van der Waals surface area (Å²) in [7, 11) is 0. The summed E-state index contributed by atoms with van der Waals surface area (Å²) in [5.41, 5.74) is 2.24. The molecule has 3 nitrogen and oxygen atoms in total. The van der Waals surface area contributed by atoms with Crippen molar-refractivity contribution < 1.29 is 4.79 Å². The Balaban J connectivity index is 2.07. The van der Waals surface area contributed by atoms with E-state index >= 15 is 0 Å². The highest BCUT2D eigenvalue weighted by Gasteiger charge is 2.05. The van der Waals surface area contributed by atoms with Crippen LogP contribution in [0.5, 0.6) is 0 Å². The molecule has 98 valence electrons. The average molecular weight is 295 g/mol. The predicted molar refractivity (Wildman–Crippen MR) is 80.3 cm³/mol. The van der Waals surface area contributed by atoms with Gasteiger partial charge in [0.25, 0.3) is 0 Å². The molecule has 0 fully saturated rings. The smallest absolute Gasteiger partial charge is 0.308 e. The van der Waals surface area contributed by atoms with Gasteiger partial charge < -0.3 is 10.6 Å². The Morgan fingerprint density at radius 3 is 2.47 bits per heavy atom. The number of hydrogen-bond acceptors (Lipinski definition) is 1. The third kappa shape index (κ3) is 3.88. The van der Waals surface area contributed by atoms with Gasteiger partial charge in [0.05, 0.1) is 0 Å². The summed E-state index contributed by atoms with van der Waals surface area (Å²) in [6, 6.07) is 11.9. The fourth-order valence-corrected chi connectivity index (χ4v) is 1.94. The zero-order valence-electron chi connectivity index (χ0n) is 10.2. The lowest BCUT2D eigenvalue weighted by atomic mass is 10.2. The van der Waals surface area contributed by atoms with Gasteiger partial charge in [0, 0.05) is 21.4 Å². The Kier molecular flexibility index (Phi) is 4.30. The number of hydrogen-bond donors (Lipinski definition) is 2. The van der Waals surface area contributed by atoms with Crippen LogP contribution in [0.4, 0.5) is 16.2 Å². The second-order valence-electron chi connectivity index (χ2n) is 4.05. The number of amides is 2. The minimum absolute atomic E-state index is 0.340. The molecule has 0 aromatic heterocycles. The van der Waals surface area contributed by atoms with E-state index in [1.165, 1.54) is 0 Å². The molecule has 2 aromatic carbocycles. The minimum atomic E-state index is -0.340. The average Bonchev–Trinajstić information content (AvgIpc) is 2.34. The van der Waals surface area contributed by atoms with E-state index in [4.69, 9.17) is 23.2 Å². The lowest BCUT2D eigenvalue weighted by Gasteiger charge is -2.10. The van der Waals surface area contributed by atoms with Gasteiger partial charge in [0.2, 0.25) is 0 Å². The first-order chi connectivity index (χ1) is 9.04. The van der Waals surface area contributed by atoms with E-state index in [0.717, 1.165) is 5.56 Å². The quantitative estimate of drug-likeness (QED) is 0.809. The van der Waals surface area contributed by atoms with Crippen LogP contribution in [0.25, 0.3) is 0 Å². The van der Waals surface area contributed by atoms with Gasteiger partial charge in [-0.05, 0) is 42.8 Å². The van der Waals surface area contributed by atoms with E-state index < -0.39 is 0 Å². The van der Waals surface area contributed by atoms with E-state index in [1.807, 2.05) is 13.0 Å². The number of halogens is 2. The van der Waals surface area contributed by atoms with Crippen molar-refractivity contribution in [1.29, 1.82) is 0 Å². The van der Waals surface area contributed by atoms with Crippen molar-refractivity contribution in [3.63, 3.8) is 0 Å². The second-order valence-corrected chi connectivity index (χ2v) is 4.92. The van der Waals surface area contributed by atoms with E-state index in [2.05, 4.69) is 10.6 Å². The van der Waals surface area contributed by atoms with Gasteiger partial charge in [-0.2, -0.15) is 0 Å². The van der Waals surface area contributed by atoms with Crippen LogP contribution in [0.1, 0.15) is 5.56 Å². The maximum Gasteiger partial charge on any atom is 0.323 e. The van der Waals surface area contributed by atoms with Crippen LogP contribution in [0, 0.1) is 6.92 Å². The van der Waals surface area contributed by atoms with Crippen molar-refractivity contribution in [2.45, 2.75) is 6.92 Å². The van der Waals surface area contributed by atoms with Crippen molar-refractivity contribution in [2.75, 3.05) is 10.6 Å². The highest BCUT2D eigenvalue weighted by molar-refractivity contribution is 6.31. The van der Waals surface area contributed by atoms with Crippen molar-refractivity contribution in [2.24, 2.45) is 0 Å². The third-order valence-electron chi connectivity index (χ3n) is 2.53. The molecule has 0 saturated carbocycles. The molecule has 19 heavy (non-hydrogen) atoms. The number of aryl methyl sites for hydroxylation is 1. The zero-order chi connectivity index (χ0) is 13.8. The van der Waals surface area contributed by atoms with E-state index in [9.17, 15) is 4.79 Å². The molecule has 2 aromatic rings. The highest BCUT2D eigenvalue weighted by Crippen LogP contribution is 2.21. The Morgan fingerprint density at radius 2 is 1.74 bits per heavy atom. The Bertz CT molecular complexity index is 614. The highest BCUT2D eigenvalue weighted by atomic mass is 35.5. The number of benzene rings is 2. The lowest BCUT2D eigenvalue weighted by Crippen LogP contribution is -2.19. The Labute approximate surface area is 121 Å². The largest absolute Gasteiger partial charge is 0.323 e. The third-order valence-corrected chi connectivity index (χ3v) is 3.00. The number of anilines is 2. The molecule has 2 amide bonds. The van der Waals surface area contributed by atoms with E-state index in [1.54, 1.807) is 36.4 Å². The topological polar surface area (TPSA) is 41.1 Å². The lowest BCUT2D eigenvalue weighted by molar-refractivity contribution is 0.262. The summed E-state index contributed by atoms with van der Waals surface area (Å²) in [5, 5.41) is 6.58. The molecule has 5 heteroatoms. The molecule has 2 N–H and O–H groups in total. The van der Waals surface area contributed by atoms with Crippen molar-refractivity contribution in [3.8, 4) is 0 Å². The number of carbonyl (C=O) groups is 1. The van der Waals surface area contributed by atoms with Gasteiger partial charge in [-0.1, -0.05) is 35.3 Å². The fraction of sp³-hybridized carbons (Fsp3) is 0.0714. The van der Waals surface area contributed by atoms with Crippen LogP contribution < -0.4 is 10.6 Å². The first-order valence-electron chi connectivity index (χ1n) is 5.64. The predicted octanol–water partition coefficient (Wildman–Crippen LogP) is 4.95. The Morgan fingerprint density at radius 1 is 1.00 bits per heavy atom. The summed E-state index contributed by atoms with van der Waals surface area (Å²) in [4.78, 5) is 11.8. The number of urea groups is 1. The van der Waals surface area contributed by atoms with Gasteiger partial charge in [-0.3, -0.25) is 0 Å². The normalized spacial score (nSPS) is 10.1. The van der Waals surface area contributed by atoms with Crippen molar-refractivity contribution in [1.82, 2.24) is 0 Å². The molecule has 0 heterocycles. The van der Waals surface area contributed by atoms with Crippen LogP contribution in [0.15, 0.2) is 42.5 Å². The monoisotopic (exact) mass is 294 g/mol. The van der Waals surface area contributed by atoms with Crippen molar-refractivity contribution >= 4 is 40.6 Å². The molecule has 2 rings (SSSR count). The van der Waals surface area contributed by atoms with Crippen molar-refractivity contribution in [3.05, 3.63) is 58.1 Å².